The van der Waals surface area contributed by atoms with E-state index in [2.05, 4.69) is 17.4 Å². The van der Waals surface area contributed by atoms with E-state index in [1.807, 2.05) is 44.2 Å². The van der Waals surface area contributed by atoms with Crippen LogP contribution in [-0.2, 0) is 15.9 Å². The quantitative estimate of drug-likeness (QED) is 0.655. The Bertz CT molecular complexity index is 568. The molecule has 0 bridgehead atoms. The molecule has 0 saturated carbocycles. The van der Waals surface area contributed by atoms with Crippen molar-refractivity contribution in [3.8, 4) is 0 Å². The van der Waals surface area contributed by atoms with Gasteiger partial charge >= 0.3 is 0 Å². The highest BCUT2D eigenvalue weighted by Gasteiger charge is 2.26. The van der Waals surface area contributed by atoms with Gasteiger partial charge in [-0.25, -0.2) is 0 Å². The van der Waals surface area contributed by atoms with E-state index in [-0.39, 0.29) is 18.8 Å². The Morgan fingerprint density at radius 2 is 1.92 bits per heavy atom. The maximum atomic E-state index is 9.66. The van der Waals surface area contributed by atoms with Crippen molar-refractivity contribution in [2.24, 2.45) is 0 Å². The van der Waals surface area contributed by atoms with Crippen molar-refractivity contribution in [2.45, 2.75) is 38.2 Å². The number of hydrogen-bond donors (Lipinski definition) is 2. The first-order valence-corrected chi connectivity index (χ1v) is 8.18. The first-order chi connectivity index (χ1) is 11.5. The summed E-state index contributed by atoms with van der Waals surface area (Å²) in [5, 5.41) is 13.0. The standard InChI is InChI=1S/C19H27NO4/c1-19(2,22-3)24-18(17-10-7-11-23-17)13-20-16(14-21)12-15-8-5-4-6-9-15/h4-11,16,18,20-21H,12-14H2,1-3H3/t16-,18+/m0/s1. The molecule has 2 rings (SSSR count). The zero-order valence-electron chi connectivity index (χ0n) is 14.6. The summed E-state index contributed by atoms with van der Waals surface area (Å²) in [5.41, 5.74) is 1.18. The summed E-state index contributed by atoms with van der Waals surface area (Å²) in [6, 6.07) is 13.7. The van der Waals surface area contributed by atoms with E-state index >= 15 is 0 Å². The number of methoxy groups -OCH3 is 1. The fraction of sp³-hybridized carbons (Fsp3) is 0.474. The highest BCUT2D eigenvalue weighted by atomic mass is 16.7. The van der Waals surface area contributed by atoms with E-state index in [0.717, 1.165) is 12.2 Å². The molecule has 0 aliphatic carbocycles. The lowest BCUT2D eigenvalue weighted by Crippen LogP contribution is -2.40. The monoisotopic (exact) mass is 333 g/mol. The van der Waals surface area contributed by atoms with Gasteiger partial charge in [-0.3, -0.25) is 0 Å². The van der Waals surface area contributed by atoms with Gasteiger partial charge in [0.15, 0.2) is 5.79 Å². The van der Waals surface area contributed by atoms with Gasteiger partial charge in [0, 0.05) is 19.7 Å². The molecule has 0 aliphatic heterocycles. The Morgan fingerprint density at radius 3 is 2.50 bits per heavy atom. The van der Waals surface area contributed by atoms with Crippen LogP contribution < -0.4 is 5.32 Å². The number of benzene rings is 1. The van der Waals surface area contributed by atoms with Crippen molar-refractivity contribution in [3.05, 3.63) is 60.1 Å². The van der Waals surface area contributed by atoms with Crippen molar-refractivity contribution in [2.75, 3.05) is 20.3 Å². The van der Waals surface area contributed by atoms with Gasteiger partial charge in [0.05, 0.1) is 12.9 Å². The third-order valence-electron chi connectivity index (χ3n) is 3.92. The first-order valence-electron chi connectivity index (χ1n) is 8.18. The van der Waals surface area contributed by atoms with Gasteiger partial charge < -0.3 is 24.3 Å². The van der Waals surface area contributed by atoms with Crippen LogP contribution in [0.1, 0.15) is 31.3 Å². The van der Waals surface area contributed by atoms with E-state index in [1.54, 1.807) is 13.4 Å². The van der Waals surface area contributed by atoms with E-state index < -0.39 is 5.79 Å². The van der Waals surface area contributed by atoms with Gasteiger partial charge in [-0.15, -0.1) is 0 Å². The molecule has 5 nitrogen and oxygen atoms in total. The second-order valence-electron chi connectivity index (χ2n) is 6.20. The van der Waals surface area contributed by atoms with Crippen LogP contribution in [0.3, 0.4) is 0 Å². The summed E-state index contributed by atoms with van der Waals surface area (Å²) in [7, 11) is 1.61. The highest BCUT2D eigenvalue weighted by molar-refractivity contribution is 5.16. The number of hydrogen-bond acceptors (Lipinski definition) is 5. The van der Waals surface area contributed by atoms with Crippen LogP contribution in [0.4, 0.5) is 0 Å². The zero-order chi connectivity index (χ0) is 17.4. The average molecular weight is 333 g/mol. The van der Waals surface area contributed by atoms with Gasteiger partial charge in [0.1, 0.15) is 11.9 Å². The van der Waals surface area contributed by atoms with Gasteiger partial charge in [-0.2, -0.15) is 0 Å². The third kappa shape index (κ3) is 5.76. The van der Waals surface area contributed by atoms with Gasteiger partial charge in [0.25, 0.3) is 0 Å². The maximum Gasteiger partial charge on any atom is 0.163 e. The summed E-state index contributed by atoms with van der Waals surface area (Å²) in [6.07, 6.45) is 2.06. The van der Waals surface area contributed by atoms with Crippen LogP contribution in [0, 0.1) is 0 Å². The van der Waals surface area contributed by atoms with Crippen molar-refractivity contribution < 1.29 is 19.0 Å². The molecule has 0 unspecified atom stereocenters. The van der Waals surface area contributed by atoms with Crippen LogP contribution in [0.2, 0.25) is 0 Å². The Morgan fingerprint density at radius 1 is 1.17 bits per heavy atom. The summed E-state index contributed by atoms with van der Waals surface area (Å²) >= 11 is 0. The second kappa shape index (κ2) is 8.99. The average Bonchev–Trinajstić information content (AvgIpc) is 3.12. The minimum Gasteiger partial charge on any atom is -0.467 e. The summed E-state index contributed by atoms with van der Waals surface area (Å²) < 4.78 is 16.9. The van der Waals surface area contributed by atoms with Crippen LogP contribution >= 0.6 is 0 Å². The molecule has 0 radical (unpaired) electrons. The van der Waals surface area contributed by atoms with Crippen LogP contribution in [-0.4, -0.2) is 37.2 Å². The molecule has 24 heavy (non-hydrogen) atoms. The minimum absolute atomic E-state index is 0.0490. The fourth-order valence-electron chi connectivity index (χ4n) is 2.44. The maximum absolute atomic E-state index is 9.66. The number of aliphatic hydroxyl groups excluding tert-OH is 1. The summed E-state index contributed by atoms with van der Waals surface area (Å²) in [6.45, 7) is 4.28. The lowest BCUT2D eigenvalue weighted by atomic mass is 10.1. The molecule has 5 heteroatoms. The Balaban J connectivity index is 1.98. The third-order valence-corrected chi connectivity index (χ3v) is 3.92. The van der Waals surface area contributed by atoms with E-state index in [9.17, 15) is 5.11 Å². The number of aliphatic hydroxyl groups is 1. The topological polar surface area (TPSA) is 63.9 Å². The van der Waals surface area contributed by atoms with E-state index in [1.165, 1.54) is 5.56 Å². The number of rotatable bonds is 10. The summed E-state index contributed by atoms with van der Waals surface area (Å²) in [4.78, 5) is 0. The predicted molar refractivity (Wildman–Crippen MR) is 92.6 cm³/mol. The van der Waals surface area contributed by atoms with Crippen LogP contribution in [0.25, 0.3) is 0 Å². The molecule has 2 atom stereocenters. The van der Waals surface area contributed by atoms with Crippen molar-refractivity contribution in [1.29, 1.82) is 0 Å². The molecule has 1 aromatic carbocycles. The molecule has 0 amide bonds. The molecule has 2 aromatic rings. The summed E-state index contributed by atoms with van der Waals surface area (Å²) in [5.74, 6) is -0.00294. The lowest BCUT2D eigenvalue weighted by Gasteiger charge is -2.29. The van der Waals surface area contributed by atoms with Crippen LogP contribution in [0.15, 0.2) is 53.1 Å². The second-order valence-corrected chi connectivity index (χ2v) is 6.20. The molecule has 2 N–H and O–H groups in total. The fourth-order valence-corrected chi connectivity index (χ4v) is 2.44. The van der Waals surface area contributed by atoms with Gasteiger partial charge in [0.2, 0.25) is 0 Å². The van der Waals surface area contributed by atoms with Crippen molar-refractivity contribution in [1.82, 2.24) is 5.32 Å². The van der Waals surface area contributed by atoms with Crippen molar-refractivity contribution in [3.63, 3.8) is 0 Å². The highest BCUT2D eigenvalue weighted by Crippen LogP contribution is 2.24. The largest absolute Gasteiger partial charge is 0.467 e. The van der Waals surface area contributed by atoms with Gasteiger partial charge in [-0.1, -0.05) is 30.3 Å². The molecule has 132 valence electrons. The molecule has 0 saturated heterocycles. The zero-order valence-corrected chi connectivity index (χ0v) is 14.6. The van der Waals surface area contributed by atoms with Gasteiger partial charge in [-0.05, 0) is 38.0 Å². The van der Waals surface area contributed by atoms with E-state index in [4.69, 9.17) is 13.9 Å². The number of ether oxygens (including phenoxy) is 2. The molecule has 0 fully saturated rings. The smallest absolute Gasteiger partial charge is 0.163 e. The van der Waals surface area contributed by atoms with E-state index in [0.29, 0.717) is 6.54 Å². The number of nitrogens with one attached hydrogen (secondary N) is 1. The predicted octanol–water partition coefficient (Wildman–Crippen LogP) is 2.91. The molecule has 0 aliphatic rings. The lowest BCUT2D eigenvalue weighted by molar-refractivity contribution is -0.227. The molecule has 1 aromatic heterocycles. The SMILES string of the molecule is COC(C)(C)O[C@H](CN[C@H](CO)Cc1ccccc1)c1ccco1. The normalized spacial score (nSPS) is 14.5. The molecular weight excluding hydrogens is 306 g/mol. The molecule has 0 spiro atoms. The molecule has 1 heterocycles. The Hall–Kier alpha value is -1.66. The first kappa shape index (κ1) is 18.7. The molecular formula is C19H27NO4. The Kier molecular flexibility index (Phi) is 6.99. The minimum atomic E-state index is -0.729. The Labute approximate surface area is 143 Å². The van der Waals surface area contributed by atoms with Crippen molar-refractivity contribution >= 4 is 0 Å². The van der Waals surface area contributed by atoms with Crippen LogP contribution in [0.5, 0.6) is 0 Å². The number of furan rings is 1.